The average molecular weight is 360 g/mol. The first-order chi connectivity index (χ1) is 12.8. The van der Waals surface area contributed by atoms with Gasteiger partial charge in [0.15, 0.2) is 0 Å². The van der Waals surface area contributed by atoms with Crippen molar-refractivity contribution < 1.29 is 5.11 Å². The van der Waals surface area contributed by atoms with Gasteiger partial charge in [0.1, 0.15) is 5.82 Å². The fourth-order valence-electron chi connectivity index (χ4n) is 4.61. The van der Waals surface area contributed by atoms with E-state index < -0.39 is 0 Å². The van der Waals surface area contributed by atoms with Gasteiger partial charge < -0.3 is 14.9 Å². The molecule has 4 rings (SSSR count). The first-order valence-electron chi connectivity index (χ1n) is 10.7. The molecule has 0 atom stereocenters. The summed E-state index contributed by atoms with van der Waals surface area (Å²) in [5, 5.41) is 9.41. The van der Waals surface area contributed by atoms with Crippen molar-refractivity contribution in [2.24, 2.45) is 5.92 Å². The molecule has 2 saturated heterocycles. The summed E-state index contributed by atoms with van der Waals surface area (Å²) in [6.45, 7) is 4.33. The largest absolute Gasteiger partial charge is 0.396 e. The number of aromatic nitrogens is 3. The molecule has 3 heterocycles. The van der Waals surface area contributed by atoms with Crippen molar-refractivity contribution in [3.63, 3.8) is 0 Å². The van der Waals surface area contributed by atoms with Gasteiger partial charge in [0.05, 0.1) is 0 Å². The van der Waals surface area contributed by atoms with Crippen molar-refractivity contribution in [1.82, 2.24) is 15.0 Å². The monoisotopic (exact) mass is 359 g/mol. The highest BCUT2D eigenvalue weighted by molar-refractivity contribution is 5.40. The molecule has 144 valence electrons. The normalized spacial score (nSPS) is 23.4. The number of nitrogens with zero attached hydrogens (tertiary/aromatic N) is 5. The second-order valence-electron chi connectivity index (χ2n) is 8.29. The lowest BCUT2D eigenvalue weighted by molar-refractivity contribution is 0.202. The van der Waals surface area contributed by atoms with Crippen LogP contribution in [0.4, 0.5) is 11.9 Å². The molecule has 6 heteroatoms. The molecule has 3 aliphatic rings. The average Bonchev–Trinajstić information content (AvgIpc) is 2.75. The Morgan fingerprint density at radius 2 is 1.27 bits per heavy atom. The molecule has 0 aromatic carbocycles. The minimum Gasteiger partial charge on any atom is -0.396 e. The van der Waals surface area contributed by atoms with E-state index in [-0.39, 0.29) is 0 Å². The van der Waals surface area contributed by atoms with E-state index in [1.165, 1.54) is 51.4 Å². The molecule has 0 bridgehead atoms. The van der Waals surface area contributed by atoms with Gasteiger partial charge in [0.2, 0.25) is 11.9 Å². The maximum Gasteiger partial charge on any atom is 0.230 e. The van der Waals surface area contributed by atoms with Crippen molar-refractivity contribution in [3.8, 4) is 0 Å². The molecule has 3 fully saturated rings. The van der Waals surface area contributed by atoms with Crippen molar-refractivity contribution >= 4 is 11.9 Å². The summed E-state index contributed by atoms with van der Waals surface area (Å²) in [5.41, 5.74) is 0. The highest BCUT2D eigenvalue weighted by Gasteiger charge is 2.26. The smallest absolute Gasteiger partial charge is 0.230 e. The number of hydrogen-bond acceptors (Lipinski definition) is 6. The third-order valence-corrected chi connectivity index (χ3v) is 6.39. The lowest BCUT2D eigenvalue weighted by atomic mass is 9.89. The first-order valence-corrected chi connectivity index (χ1v) is 10.7. The van der Waals surface area contributed by atoms with Gasteiger partial charge in [-0.2, -0.15) is 15.0 Å². The molecule has 6 nitrogen and oxygen atoms in total. The SMILES string of the molecule is OCC1CCN(c2nc(C3CCCCC3)nc(N3CCCCC3)n2)CC1. The molecular formula is C20H33N5O. The van der Waals surface area contributed by atoms with Gasteiger partial charge >= 0.3 is 0 Å². The molecule has 1 aromatic rings. The van der Waals surface area contributed by atoms with Crippen LogP contribution in [-0.2, 0) is 0 Å². The summed E-state index contributed by atoms with van der Waals surface area (Å²) in [6, 6.07) is 0. The fourth-order valence-corrected chi connectivity index (χ4v) is 4.61. The topological polar surface area (TPSA) is 65.4 Å². The second-order valence-corrected chi connectivity index (χ2v) is 8.29. The zero-order valence-corrected chi connectivity index (χ0v) is 15.9. The first kappa shape index (κ1) is 18.0. The van der Waals surface area contributed by atoms with Gasteiger partial charge in [-0.3, -0.25) is 0 Å². The number of rotatable bonds is 4. The maximum atomic E-state index is 9.41. The molecular weight excluding hydrogens is 326 g/mol. The Morgan fingerprint density at radius 3 is 1.88 bits per heavy atom. The maximum absolute atomic E-state index is 9.41. The minimum atomic E-state index is 0.303. The lowest BCUT2D eigenvalue weighted by Gasteiger charge is -2.33. The van der Waals surface area contributed by atoms with Gasteiger partial charge in [-0.15, -0.1) is 0 Å². The van der Waals surface area contributed by atoms with Crippen LogP contribution >= 0.6 is 0 Å². The van der Waals surface area contributed by atoms with Gasteiger partial charge in [-0.25, -0.2) is 0 Å². The van der Waals surface area contributed by atoms with Crippen molar-refractivity contribution in [3.05, 3.63) is 5.82 Å². The summed E-state index contributed by atoms with van der Waals surface area (Å²) in [5.74, 6) is 3.74. The van der Waals surface area contributed by atoms with Gasteiger partial charge in [-0.05, 0) is 50.9 Å². The molecule has 1 aromatic heterocycles. The Kier molecular flexibility index (Phi) is 5.88. The van der Waals surface area contributed by atoms with Crippen LogP contribution in [0, 0.1) is 5.92 Å². The number of piperidine rings is 2. The fraction of sp³-hybridized carbons (Fsp3) is 0.850. The van der Waals surface area contributed by atoms with E-state index in [0.717, 1.165) is 56.7 Å². The third-order valence-electron chi connectivity index (χ3n) is 6.39. The number of anilines is 2. The van der Waals surface area contributed by atoms with Gasteiger partial charge in [-0.1, -0.05) is 19.3 Å². The van der Waals surface area contributed by atoms with Crippen LogP contribution in [0.15, 0.2) is 0 Å². The van der Waals surface area contributed by atoms with Crippen LogP contribution in [0.25, 0.3) is 0 Å². The van der Waals surface area contributed by atoms with Crippen LogP contribution in [0.3, 0.4) is 0 Å². The molecule has 1 aliphatic carbocycles. The Bertz CT molecular complexity index is 539. The predicted molar refractivity (Wildman–Crippen MR) is 104 cm³/mol. The molecule has 1 saturated carbocycles. The molecule has 2 aliphatic heterocycles. The number of aliphatic hydroxyl groups is 1. The van der Waals surface area contributed by atoms with Crippen LogP contribution in [0.1, 0.15) is 76.0 Å². The van der Waals surface area contributed by atoms with Crippen molar-refractivity contribution in [2.75, 3.05) is 42.6 Å². The van der Waals surface area contributed by atoms with Crippen LogP contribution in [0.2, 0.25) is 0 Å². The summed E-state index contributed by atoms with van der Waals surface area (Å²) in [6.07, 6.45) is 12.2. The highest BCUT2D eigenvalue weighted by atomic mass is 16.3. The Balaban J connectivity index is 1.59. The van der Waals surface area contributed by atoms with E-state index in [9.17, 15) is 5.11 Å². The molecule has 0 unspecified atom stereocenters. The summed E-state index contributed by atoms with van der Waals surface area (Å²) < 4.78 is 0. The van der Waals surface area contributed by atoms with E-state index in [0.29, 0.717) is 18.4 Å². The summed E-state index contributed by atoms with van der Waals surface area (Å²) >= 11 is 0. The van der Waals surface area contributed by atoms with E-state index >= 15 is 0 Å². The molecule has 1 N–H and O–H groups in total. The van der Waals surface area contributed by atoms with Crippen LogP contribution < -0.4 is 9.80 Å². The predicted octanol–water partition coefficient (Wildman–Crippen LogP) is 3.12. The van der Waals surface area contributed by atoms with Crippen molar-refractivity contribution in [2.45, 2.75) is 70.1 Å². The van der Waals surface area contributed by atoms with Crippen LogP contribution in [-0.4, -0.2) is 52.8 Å². The minimum absolute atomic E-state index is 0.303. The zero-order chi connectivity index (χ0) is 17.8. The van der Waals surface area contributed by atoms with E-state index in [1.807, 2.05) is 0 Å². The van der Waals surface area contributed by atoms with Crippen molar-refractivity contribution in [1.29, 1.82) is 0 Å². The molecule has 0 radical (unpaired) electrons. The molecule has 26 heavy (non-hydrogen) atoms. The third kappa shape index (κ3) is 4.11. The quantitative estimate of drug-likeness (QED) is 0.891. The second kappa shape index (κ2) is 8.51. The Hall–Kier alpha value is -1.43. The van der Waals surface area contributed by atoms with Gasteiger partial charge in [0.25, 0.3) is 0 Å². The molecule has 0 spiro atoms. The summed E-state index contributed by atoms with van der Waals surface area (Å²) in [4.78, 5) is 19.5. The molecule has 0 amide bonds. The number of aliphatic hydroxyl groups excluding tert-OH is 1. The lowest BCUT2D eigenvalue weighted by Crippen LogP contribution is -2.37. The van der Waals surface area contributed by atoms with Gasteiger partial charge in [0, 0.05) is 38.7 Å². The van der Waals surface area contributed by atoms with Crippen LogP contribution in [0.5, 0.6) is 0 Å². The number of hydrogen-bond donors (Lipinski definition) is 1. The highest BCUT2D eigenvalue weighted by Crippen LogP contribution is 2.33. The van der Waals surface area contributed by atoms with E-state index in [2.05, 4.69) is 9.80 Å². The van der Waals surface area contributed by atoms with E-state index in [1.54, 1.807) is 0 Å². The Labute approximate surface area is 157 Å². The van der Waals surface area contributed by atoms with E-state index in [4.69, 9.17) is 15.0 Å². The zero-order valence-electron chi connectivity index (χ0n) is 15.9. The summed E-state index contributed by atoms with van der Waals surface area (Å²) in [7, 11) is 0. The Morgan fingerprint density at radius 1 is 0.692 bits per heavy atom. The standard InChI is InChI=1S/C20H33N5O/c26-15-16-9-13-25(14-10-16)20-22-18(17-7-3-1-4-8-17)21-19(23-20)24-11-5-2-6-12-24/h16-17,26H,1-15H2.